The summed E-state index contributed by atoms with van der Waals surface area (Å²) in [6.07, 6.45) is 1.04. The zero-order chi connectivity index (χ0) is 20.1. The number of carbonyl (C=O) groups excluding carboxylic acids is 1. The number of rotatable bonds is 6. The Labute approximate surface area is 164 Å². The summed E-state index contributed by atoms with van der Waals surface area (Å²) in [5, 5.41) is 2.76. The molecule has 0 aliphatic carbocycles. The van der Waals surface area contributed by atoms with Crippen LogP contribution in [-0.2, 0) is 10.0 Å². The molecular weight excluding hydrogens is 376 g/mol. The molecule has 0 saturated carbocycles. The van der Waals surface area contributed by atoms with Gasteiger partial charge in [-0.25, -0.2) is 8.42 Å². The molecule has 3 rings (SSSR count). The van der Waals surface area contributed by atoms with Crippen LogP contribution in [0.5, 0.6) is 11.5 Å². The third kappa shape index (κ3) is 5.34. The number of amides is 1. The third-order valence-corrected chi connectivity index (χ3v) is 4.40. The summed E-state index contributed by atoms with van der Waals surface area (Å²) in [5.41, 5.74) is 2.12. The molecule has 2 N–H and O–H groups in total. The maximum absolute atomic E-state index is 12.6. The van der Waals surface area contributed by atoms with E-state index in [0.29, 0.717) is 11.4 Å². The highest BCUT2D eigenvalue weighted by atomic mass is 32.2. The number of nitrogens with one attached hydrogen (secondary N) is 2. The van der Waals surface area contributed by atoms with E-state index in [4.69, 9.17) is 4.74 Å². The summed E-state index contributed by atoms with van der Waals surface area (Å²) in [6, 6.07) is 21.1. The average Bonchev–Trinajstić information content (AvgIpc) is 2.62. The van der Waals surface area contributed by atoms with Crippen molar-refractivity contribution in [2.24, 2.45) is 0 Å². The van der Waals surface area contributed by atoms with Gasteiger partial charge in [0.2, 0.25) is 10.0 Å². The lowest BCUT2D eigenvalue weighted by atomic mass is 10.1. The molecule has 0 aliphatic heterocycles. The van der Waals surface area contributed by atoms with E-state index in [2.05, 4.69) is 10.0 Å². The van der Waals surface area contributed by atoms with Gasteiger partial charge in [-0.3, -0.25) is 9.52 Å². The molecule has 0 heterocycles. The molecule has 0 bridgehead atoms. The van der Waals surface area contributed by atoms with Gasteiger partial charge in [0.15, 0.2) is 0 Å². The van der Waals surface area contributed by atoms with E-state index >= 15 is 0 Å². The van der Waals surface area contributed by atoms with Crippen LogP contribution in [0.4, 0.5) is 11.4 Å². The fraction of sp³-hybridized carbons (Fsp3) is 0.0952. The molecule has 6 nitrogen and oxygen atoms in total. The lowest BCUT2D eigenvalue weighted by Gasteiger charge is -2.11. The van der Waals surface area contributed by atoms with Gasteiger partial charge in [-0.1, -0.05) is 24.3 Å². The van der Waals surface area contributed by atoms with Gasteiger partial charge < -0.3 is 10.1 Å². The van der Waals surface area contributed by atoms with Gasteiger partial charge in [0.05, 0.1) is 17.5 Å². The largest absolute Gasteiger partial charge is 0.457 e. The number of para-hydroxylation sites is 1. The minimum absolute atomic E-state index is 0.224. The topological polar surface area (TPSA) is 84.5 Å². The molecule has 0 spiro atoms. The number of hydrogen-bond acceptors (Lipinski definition) is 4. The Morgan fingerprint density at radius 1 is 0.893 bits per heavy atom. The first-order chi connectivity index (χ1) is 13.3. The number of benzene rings is 3. The van der Waals surface area contributed by atoms with E-state index in [0.717, 1.165) is 17.6 Å². The van der Waals surface area contributed by atoms with Crippen LogP contribution in [0.2, 0.25) is 0 Å². The smallest absolute Gasteiger partial charge is 0.257 e. The van der Waals surface area contributed by atoms with Gasteiger partial charge in [0.25, 0.3) is 5.91 Å². The molecule has 3 aromatic carbocycles. The van der Waals surface area contributed by atoms with Gasteiger partial charge in [-0.05, 0) is 61.0 Å². The van der Waals surface area contributed by atoms with E-state index in [-0.39, 0.29) is 11.3 Å². The quantitative estimate of drug-likeness (QED) is 0.646. The Balaban J connectivity index is 1.71. The van der Waals surface area contributed by atoms with Crippen molar-refractivity contribution in [2.45, 2.75) is 6.92 Å². The molecule has 0 atom stereocenters. The second-order valence-electron chi connectivity index (χ2n) is 6.32. The molecule has 1 amide bonds. The van der Waals surface area contributed by atoms with Crippen molar-refractivity contribution >= 4 is 27.3 Å². The number of hydrogen-bond donors (Lipinski definition) is 2. The van der Waals surface area contributed by atoms with Crippen molar-refractivity contribution in [2.75, 3.05) is 16.3 Å². The molecular formula is C21H20N2O4S. The molecule has 7 heteroatoms. The predicted octanol–water partition coefficient (Wildman–Crippen LogP) is 4.41. The van der Waals surface area contributed by atoms with Gasteiger partial charge in [-0.2, -0.15) is 0 Å². The standard InChI is InChI=1S/C21H20N2O4S/c1-15-6-5-7-18(14-15)27-17-12-10-16(11-13-17)22-21(24)19-8-3-4-9-20(19)23-28(2,25)26/h3-14,23H,1-2H3,(H,22,24). The van der Waals surface area contributed by atoms with Crippen LogP contribution >= 0.6 is 0 Å². The van der Waals surface area contributed by atoms with Crippen LogP contribution in [0.15, 0.2) is 72.8 Å². The van der Waals surface area contributed by atoms with Gasteiger partial charge in [-0.15, -0.1) is 0 Å². The van der Waals surface area contributed by atoms with Crippen molar-refractivity contribution in [1.29, 1.82) is 0 Å². The number of aryl methyl sites for hydroxylation is 1. The molecule has 28 heavy (non-hydrogen) atoms. The Bertz CT molecular complexity index is 1090. The van der Waals surface area contributed by atoms with Gasteiger partial charge >= 0.3 is 0 Å². The van der Waals surface area contributed by atoms with Crippen molar-refractivity contribution in [3.63, 3.8) is 0 Å². The molecule has 144 valence electrons. The van der Waals surface area contributed by atoms with E-state index < -0.39 is 15.9 Å². The van der Waals surface area contributed by atoms with Crippen LogP contribution in [0.3, 0.4) is 0 Å². The summed E-state index contributed by atoms with van der Waals surface area (Å²) in [7, 11) is -3.49. The molecule has 0 radical (unpaired) electrons. The average molecular weight is 396 g/mol. The van der Waals surface area contributed by atoms with Gasteiger partial charge in [0, 0.05) is 5.69 Å². The number of sulfonamides is 1. The van der Waals surface area contributed by atoms with E-state index in [1.54, 1.807) is 42.5 Å². The minimum Gasteiger partial charge on any atom is -0.457 e. The Morgan fingerprint density at radius 2 is 1.61 bits per heavy atom. The van der Waals surface area contributed by atoms with Crippen LogP contribution < -0.4 is 14.8 Å². The SMILES string of the molecule is Cc1cccc(Oc2ccc(NC(=O)c3ccccc3NS(C)(=O)=O)cc2)c1. The monoisotopic (exact) mass is 396 g/mol. The summed E-state index contributed by atoms with van der Waals surface area (Å²) in [5.74, 6) is 0.958. The van der Waals surface area contributed by atoms with Crippen LogP contribution in [0.25, 0.3) is 0 Å². The highest BCUT2D eigenvalue weighted by Crippen LogP contribution is 2.24. The summed E-state index contributed by atoms with van der Waals surface area (Å²) < 4.78 is 31.1. The number of anilines is 2. The van der Waals surface area contributed by atoms with Crippen molar-refractivity contribution in [3.8, 4) is 11.5 Å². The molecule has 0 fully saturated rings. The number of ether oxygens (including phenoxy) is 1. The first kappa shape index (κ1) is 19.4. The van der Waals surface area contributed by atoms with Crippen molar-refractivity contribution in [1.82, 2.24) is 0 Å². The van der Waals surface area contributed by atoms with E-state index in [9.17, 15) is 13.2 Å². The van der Waals surface area contributed by atoms with E-state index in [1.807, 2.05) is 31.2 Å². The first-order valence-electron chi connectivity index (χ1n) is 8.53. The minimum atomic E-state index is -3.49. The second kappa shape index (κ2) is 8.14. The highest BCUT2D eigenvalue weighted by Gasteiger charge is 2.14. The van der Waals surface area contributed by atoms with Crippen LogP contribution in [-0.4, -0.2) is 20.6 Å². The molecule has 0 aliphatic rings. The predicted molar refractivity (Wildman–Crippen MR) is 111 cm³/mol. The Kier molecular flexibility index (Phi) is 5.65. The van der Waals surface area contributed by atoms with E-state index in [1.165, 1.54) is 6.07 Å². The normalized spacial score (nSPS) is 10.9. The lowest BCUT2D eigenvalue weighted by Crippen LogP contribution is -2.17. The Hall–Kier alpha value is -3.32. The van der Waals surface area contributed by atoms with Gasteiger partial charge in [0.1, 0.15) is 11.5 Å². The summed E-state index contributed by atoms with van der Waals surface area (Å²) in [6.45, 7) is 1.99. The maximum Gasteiger partial charge on any atom is 0.257 e. The molecule has 0 saturated heterocycles. The Morgan fingerprint density at radius 3 is 2.29 bits per heavy atom. The molecule has 0 aromatic heterocycles. The third-order valence-electron chi connectivity index (χ3n) is 3.80. The van der Waals surface area contributed by atoms with Crippen LogP contribution in [0, 0.1) is 6.92 Å². The molecule has 3 aromatic rings. The molecule has 0 unspecified atom stereocenters. The lowest BCUT2D eigenvalue weighted by molar-refractivity contribution is 0.102. The van der Waals surface area contributed by atoms with Crippen molar-refractivity contribution in [3.05, 3.63) is 83.9 Å². The summed E-state index contributed by atoms with van der Waals surface area (Å²) in [4.78, 5) is 12.6. The fourth-order valence-corrected chi connectivity index (χ4v) is 3.17. The fourth-order valence-electron chi connectivity index (χ4n) is 2.59. The maximum atomic E-state index is 12.6. The first-order valence-corrected chi connectivity index (χ1v) is 10.4. The zero-order valence-electron chi connectivity index (χ0n) is 15.5. The van der Waals surface area contributed by atoms with Crippen LogP contribution in [0.1, 0.15) is 15.9 Å². The zero-order valence-corrected chi connectivity index (χ0v) is 16.3. The highest BCUT2D eigenvalue weighted by molar-refractivity contribution is 7.92. The number of carbonyl (C=O) groups is 1. The second-order valence-corrected chi connectivity index (χ2v) is 8.07. The van der Waals surface area contributed by atoms with Crippen molar-refractivity contribution < 1.29 is 17.9 Å². The summed E-state index contributed by atoms with van der Waals surface area (Å²) >= 11 is 0.